The summed E-state index contributed by atoms with van der Waals surface area (Å²) in [7, 11) is 0. The second kappa shape index (κ2) is 12.6. The second-order valence-electron chi connectivity index (χ2n) is 17.8. The van der Waals surface area contributed by atoms with Crippen LogP contribution in [0.4, 0.5) is 0 Å². The SMILES string of the molecule is CC(C)C[C@@H]1CNC(=N)N1C[C@@H]1CCCN1[C@@H](CC1CCCCC1)N1C[C@@H](C(C)C)N(CC23CC4CC(CC(C4)C2)C3)C1=N. The highest BCUT2D eigenvalue weighted by atomic mass is 15.5. The van der Waals surface area contributed by atoms with Crippen molar-refractivity contribution in [2.45, 2.75) is 148 Å². The van der Waals surface area contributed by atoms with Crippen LogP contribution >= 0.6 is 0 Å². The monoisotopic (exact) mass is 608 g/mol. The lowest BCUT2D eigenvalue weighted by Crippen LogP contribution is -2.56. The van der Waals surface area contributed by atoms with Crippen LogP contribution < -0.4 is 5.32 Å². The average Bonchev–Trinajstić information content (AvgIpc) is 3.66. The van der Waals surface area contributed by atoms with Gasteiger partial charge in [-0.3, -0.25) is 15.7 Å². The molecule has 0 spiro atoms. The minimum atomic E-state index is 0.328. The predicted molar refractivity (Wildman–Crippen MR) is 181 cm³/mol. The molecule has 0 radical (unpaired) electrons. The third kappa shape index (κ3) is 6.13. The van der Waals surface area contributed by atoms with Crippen LogP contribution in [0, 0.1) is 51.7 Å². The van der Waals surface area contributed by atoms with Crippen LogP contribution in [0.3, 0.4) is 0 Å². The van der Waals surface area contributed by atoms with E-state index in [1.807, 2.05) is 0 Å². The van der Waals surface area contributed by atoms with E-state index in [0.29, 0.717) is 47.5 Å². The van der Waals surface area contributed by atoms with Crippen LogP contribution in [-0.2, 0) is 0 Å². The molecule has 8 aliphatic rings. The highest BCUT2D eigenvalue weighted by Gasteiger charge is 2.54. The van der Waals surface area contributed by atoms with Crippen molar-refractivity contribution in [1.29, 1.82) is 10.8 Å². The summed E-state index contributed by atoms with van der Waals surface area (Å²) < 4.78 is 0. The molecule has 0 amide bonds. The summed E-state index contributed by atoms with van der Waals surface area (Å²) in [6.45, 7) is 14.7. The van der Waals surface area contributed by atoms with Gasteiger partial charge in [0, 0.05) is 44.8 Å². The van der Waals surface area contributed by atoms with Gasteiger partial charge >= 0.3 is 0 Å². The van der Waals surface area contributed by atoms with Gasteiger partial charge in [-0.15, -0.1) is 0 Å². The van der Waals surface area contributed by atoms with Crippen molar-refractivity contribution in [2.24, 2.45) is 40.9 Å². The lowest BCUT2D eigenvalue weighted by molar-refractivity contribution is -0.0648. The van der Waals surface area contributed by atoms with Gasteiger partial charge in [-0.25, -0.2) is 0 Å². The Balaban J connectivity index is 1.13. The summed E-state index contributed by atoms with van der Waals surface area (Å²) in [6.07, 6.45) is 20.9. The van der Waals surface area contributed by atoms with Gasteiger partial charge in [-0.05, 0) is 105 Å². The molecule has 0 aromatic heterocycles. The predicted octanol–water partition coefficient (Wildman–Crippen LogP) is 6.80. The molecule has 0 unspecified atom stereocenters. The van der Waals surface area contributed by atoms with Crippen LogP contribution in [0.15, 0.2) is 0 Å². The normalized spacial score (nSPS) is 38.6. The molecule has 3 aliphatic heterocycles. The molecule has 3 N–H and O–H groups in total. The zero-order valence-electron chi connectivity index (χ0n) is 28.7. The zero-order chi connectivity index (χ0) is 30.6. The Morgan fingerprint density at radius 1 is 0.818 bits per heavy atom. The number of hydrogen-bond acceptors (Lipinski definition) is 3. The number of hydrogen-bond donors (Lipinski definition) is 3. The number of nitrogens with one attached hydrogen (secondary N) is 3. The molecule has 8 rings (SSSR count). The first-order chi connectivity index (χ1) is 21.2. The molecular formula is C37H65N7. The summed E-state index contributed by atoms with van der Waals surface area (Å²) in [4.78, 5) is 10.5. The van der Waals surface area contributed by atoms with E-state index in [1.165, 1.54) is 89.9 Å². The number of likely N-dealkylation sites (tertiary alicyclic amines) is 1. The fourth-order valence-corrected chi connectivity index (χ4v) is 12.0. The van der Waals surface area contributed by atoms with Gasteiger partial charge in [0.05, 0.1) is 12.2 Å². The molecule has 7 heteroatoms. The molecule has 3 saturated heterocycles. The molecule has 4 bridgehead atoms. The van der Waals surface area contributed by atoms with Gasteiger partial charge in [0.15, 0.2) is 11.9 Å². The van der Waals surface area contributed by atoms with Crippen molar-refractivity contribution in [3.05, 3.63) is 0 Å². The first-order valence-corrected chi connectivity index (χ1v) is 19.1. The highest BCUT2D eigenvalue weighted by Crippen LogP contribution is 2.60. The van der Waals surface area contributed by atoms with Crippen molar-refractivity contribution in [1.82, 2.24) is 24.9 Å². The van der Waals surface area contributed by atoms with Crippen molar-refractivity contribution in [2.75, 3.05) is 32.7 Å². The molecule has 8 fully saturated rings. The van der Waals surface area contributed by atoms with Crippen LogP contribution in [0.1, 0.15) is 124 Å². The number of guanidine groups is 2. The highest BCUT2D eigenvalue weighted by molar-refractivity contribution is 5.80. The molecule has 0 aromatic rings. The smallest absolute Gasteiger partial charge is 0.195 e. The summed E-state index contributed by atoms with van der Waals surface area (Å²) in [5.74, 6) is 6.40. The topological polar surface area (TPSA) is 72.7 Å². The summed E-state index contributed by atoms with van der Waals surface area (Å²) in [5.41, 5.74) is 0.466. The standard InChI is InChI=1S/C37H65N7/c1-25(2)13-32-21-40-35(38)42(32)22-31-11-8-12-41(31)34(17-27-9-6-5-7-10-27)43-23-33(26(3)4)44(36(43)39)24-37-18-28-14-29(19-37)16-30(15-28)20-37/h25-34,39H,5-24H2,1-4H3,(H2,38,40)/t28?,29?,30?,31-,32+,33-,34+,37?/m0/s1. The summed E-state index contributed by atoms with van der Waals surface area (Å²) >= 11 is 0. The molecule has 44 heavy (non-hydrogen) atoms. The van der Waals surface area contributed by atoms with E-state index in [-0.39, 0.29) is 0 Å². The van der Waals surface area contributed by atoms with Crippen LogP contribution in [-0.4, -0.2) is 88.5 Å². The first-order valence-electron chi connectivity index (χ1n) is 19.1. The molecule has 5 saturated carbocycles. The third-order valence-electron chi connectivity index (χ3n) is 13.6. The van der Waals surface area contributed by atoms with Crippen molar-refractivity contribution >= 4 is 11.9 Å². The lowest BCUT2D eigenvalue weighted by atomic mass is 9.49. The van der Waals surface area contributed by atoms with Crippen LogP contribution in [0.25, 0.3) is 0 Å². The Bertz CT molecular complexity index is 998. The fourth-order valence-electron chi connectivity index (χ4n) is 12.0. The Labute approximate surface area is 269 Å². The van der Waals surface area contributed by atoms with E-state index in [9.17, 15) is 5.41 Å². The van der Waals surface area contributed by atoms with Crippen LogP contribution in [0.5, 0.6) is 0 Å². The maximum absolute atomic E-state index is 9.91. The Morgan fingerprint density at radius 3 is 2.14 bits per heavy atom. The van der Waals surface area contributed by atoms with E-state index in [4.69, 9.17) is 5.41 Å². The summed E-state index contributed by atoms with van der Waals surface area (Å²) in [6, 6.07) is 1.37. The molecule has 3 heterocycles. The zero-order valence-corrected chi connectivity index (χ0v) is 28.7. The van der Waals surface area contributed by atoms with Crippen molar-refractivity contribution in [3.8, 4) is 0 Å². The van der Waals surface area contributed by atoms with Crippen molar-refractivity contribution < 1.29 is 0 Å². The largest absolute Gasteiger partial charge is 0.354 e. The van der Waals surface area contributed by atoms with Gasteiger partial charge < -0.3 is 20.0 Å². The molecule has 7 nitrogen and oxygen atoms in total. The first kappa shape index (κ1) is 31.1. The Hall–Kier alpha value is -1.50. The lowest BCUT2D eigenvalue weighted by Gasteiger charge is -2.58. The minimum absolute atomic E-state index is 0.328. The van der Waals surface area contributed by atoms with E-state index in [0.717, 1.165) is 68.8 Å². The van der Waals surface area contributed by atoms with Gasteiger partial charge in [-0.2, -0.15) is 0 Å². The van der Waals surface area contributed by atoms with Crippen molar-refractivity contribution in [3.63, 3.8) is 0 Å². The van der Waals surface area contributed by atoms with Gasteiger partial charge in [0.1, 0.15) is 0 Å². The molecule has 0 aromatic carbocycles. The third-order valence-corrected chi connectivity index (χ3v) is 13.6. The maximum Gasteiger partial charge on any atom is 0.195 e. The number of rotatable bonds is 11. The minimum Gasteiger partial charge on any atom is -0.354 e. The average molecular weight is 608 g/mol. The summed E-state index contributed by atoms with van der Waals surface area (Å²) in [5, 5.41) is 22.1. The molecule has 4 atom stereocenters. The van der Waals surface area contributed by atoms with E-state index < -0.39 is 0 Å². The van der Waals surface area contributed by atoms with E-state index >= 15 is 0 Å². The quantitative estimate of drug-likeness (QED) is 0.241. The fraction of sp³-hybridized carbons (Fsp3) is 0.946. The van der Waals surface area contributed by atoms with Crippen LogP contribution in [0.2, 0.25) is 0 Å². The Morgan fingerprint density at radius 2 is 1.50 bits per heavy atom. The second-order valence-corrected chi connectivity index (χ2v) is 17.8. The maximum atomic E-state index is 9.91. The van der Waals surface area contributed by atoms with Gasteiger partial charge in [-0.1, -0.05) is 59.8 Å². The van der Waals surface area contributed by atoms with Gasteiger partial charge in [0.2, 0.25) is 0 Å². The number of nitrogens with zero attached hydrogens (tertiary/aromatic N) is 4. The van der Waals surface area contributed by atoms with E-state index in [2.05, 4.69) is 52.6 Å². The Kier molecular flexibility index (Phi) is 8.91. The molecule has 248 valence electrons. The van der Waals surface area contributed by atoms with Gasteiger partial charge in [0.25, 0.3) is 0 Å². The molecule has 5 aliphatic carbocycles. The molecular weight excluding hydrogens is 542 g/mol. The van der Waals surface area contributed by atoms with E-state index in [1.54, 1.807) is 0 Å².